The SMILES string of the molecule is CNc1nccc(SC)n1. The molecule has 0 radical (unpaired) electrons. The molecular weight excluding hydrogens is 146 g/mol. The molecule has 0 aliphatic heterocycles. The average Bonchev–Trinajstić information content (AvgIpc) is 2.05. The van der Waals surface area contributed by atoms with Crippen molar-refractivity contribution in [1.82, 2.24) is 9.97 Å². The van der Waals surface area contributed by atoms with E-state index in [1.54, 1.807) is 25.0 Å². The summed E-state index contributed by atoms with van der Waals surface area (Å²) in [5.41, 5.74) is 0. The fourth-order valence-corrected chi connectivity index (χ4v) is 0.951. The fourth-order valence-electron chi connectivity index (χ4n) is 0.576. The summed E-state index contributed by atoms with van der Waals surface area (Å²) in [5, 5.41) is 3.85. The molecule has 0 saturated carbocycles. The van der Waals surface area contributed by atoms with E-state index in [2.05, 4.69) is 15.3 Å². The van der Waals surface area contributed by atoms with Crippen LogP contribution in [0.15, 0.2) is 17.3 Å². The van der Waals surface area contributed by atoms with E-state index in [0.29, 0.717) is 5.95 Å². The van der Waals surface area contributed by atoms with Crippen LogP contribution in [0.3, 0.4) is 0 Å². The lowest BCUT2D eigenvalue weighted by Gasteiger charge is -1.97. The topological polar surface area (TPSA) is 37.8 Å². The minimum atomic E-state index is 0.673. The standard InChI is InChI=1S/C6H9N3S/c1-7-6-8-4-3-5(9-6)10-2/h3-4H,1-2H3,(H,7,8,9). The average molecular weight is 155 g/mol. The van der Waals surface area contributed by atoms with E-state index in [9.17, 15) is 0 Å². The highest BCUT2D eigenvalue weighted by Crippen LogP contribution is 2.10. The Hall–Kier alpha value is -0.770. The van der Waals surface area contributed by atoms with Gasteiger partial charge in [0.25, 0.3) is 0 Å². The van der Waals surface area contributed by atoms with E-state index < -0.39 is 0 Å². The van der Waals surface area contributed by atoms with Gasteiger partial charge in [-0.2, -0.15) is 0 Å². The molecule has 0 bridgehead atoms. The molecule has 10 heavy (non-hydrogen) atoms. The maximum atomic E-state index is 4.15. The van der Waals surface area contributed by atoms with E-state index in [1.165, 1.54) is 0 Å². The molecule has 0 unspecified atom stereocenters. The first-order chi connectivity index (χ1) is 4.86. The van der Waals surface area contributed by atoms with Crippen LogP contribution in [0.2, 0.25) is 0 Å². The highest BCUT2D eigenvalue weighted by Gasteiger charge is 1.92. The van der Waals surface area contributed by atoms with Crippen LogP contribution < -0.4 is 5.32 Å². The second kappa shape index (κ2) is 3.41. The lowest BCUT2D eigenvalue weighted by Crippen LogP contribution is -1.95. The van der Waals surface area contributed by atoms with Gasteiger partial charge in [-0.15, -0.1) is 11.8 Å². The maximum Gasteiger partial charge on any atom is 0.223 e. The van der Waals surface area contributed by atoms with Gasteiger partial charge >= 0.3 is 0 Å². The van der Waals surface area contributed by atoms with E-state index in [4.69, 9.17) is 0 Å². The molecule has 0 aliphatic rings. The summed E-state index contributed by atoms with van der Waals surface area (Å²) < 4.78 is 0. The summed E-state index contributed by atoms with van der Waals surface area (Å²) in [6.45, 7) is 0. The van der Waals surface area contributed by atoms with Crippen LogP contribution in [-0.4, -0.2) is 23.3 Å². The first-order valence-electron chi connectivity index (χ1n) is 2.91. The number of aromatic nitrogens is 2. The van der Waals surface area contributed by atoms with E-state index >= 15 is 0 Å². The molecule has 1 aromatic rings. The van der Waals surface area contributed by atoms with Gasteiger partial charge in [0.1, 0.15) is 5.03 Å². The van der Waals surface area contributed by atoms with Gasteiger partial charge in [0.2, 0.25) is 5.95 Å². The molecule has 0 fully saturated rings. The van der Waals surface area contributed by atoms with Gasteiger partial charge in [-0.25, -0.2) is 9.97 Å². The normalized spacial score (nSPS) is 9.40. The third-order valence-electron chi connectivity index (χ3n) is 1.06. The van der Waals surface area contributed by atoms with Crippen LogP contribution >= 0.6 is 11.8 Å². The van der Waals surface area contributed by atoms with E-state index in [0.717, 1.165) is 5.03 Å². The number of hydrogen-bond donors (Lipinski definition) is 1. The number of anilines is 1. The molecule has 54 valence electrons. The number of nitrogens with one attached hydrogen (secondary N) is 1. The van der Waals surface area contributed by atoms with Crippen LogP contribution in [0.1, 0.15) is 0 Å². The van der Waals surface area contributed by atoms with Gasteiger partial charge in [-0.05, 0) is 12.3 Å². The van der Waals surface area contributed by atoms with Crippen molar-refractivity contribution in [2.45, 2.75) is 5.03 Å². The minimum Gasteiger partial charge on any atom is -0.357 e. The van der Waals surface area contributed by atoms with Crippen LogP contribution in [0.5, 0.6) is 0 Å². The zero-order chi connectivity index (χ0) is 7.40. The molecule has 0 aromatic carbocycles. The van der Waals surface area contributed by atoms with Gasteiger partial charge in [-0.1, -0.05) is 0 Å². The molecule has 4 heteroatoms. The highest BCUT2D eigenvalue weighted by molar-refractivity contribution is 7.98. The second-order valence-corrected chi connectivity index (χ2v) is 2.50. The van der Waals surface area contributed by atoms with Gasteiger partial charge in [-0.3, -0.25) is 0 Å². The second-order valence-electron chi connectivity index (χ2n) is 1.67. The van der Waals surface area contributed by atoms with Crippen molar-refractivity contribution in [3.05, 3.63) is 12.3 Å². The van der Waals surface area contributed by atoms with Crippen molar-refractivity contribution in [2.24, 2.45) is 0 Å². The highest BCUT2D eigenvalue weighted by atomic mass is 32.2. The van der Waals surface area contributed by atoms with Crippen LogP contribution in [-0.2, 0) is 0 Å². The van der Waals surface area contributed by atoms with Gasteiger partial charge < -0.3 is 5.32 Å². The molecule has 1 N–H and O–H groups in total. The molecule has 0 amide bonds. The summed E-state index contributed by atoms with van der Waals surface area (Å²) in [6.07, 6.45) is 3.73. The largest absolute Gasteiger partial charge is 0.357 e. The number of hydrogen-bond acceptors (Lipinski definition) is 4. The first-order valence-corrected chi connectivity index (χ1v) is 4.14. The fraction of sp³-hybridized carbons (Fsp3) is 0.333. The number of thioether (sulfide) groups is 1. The molecule has 0 aliphatic carbocycles. The van der Waals surface area contributed by atoms with Gasteiger partial charge in [0.05, 0.1) is 0 Å². The molecule has 0 spiro atoms. The van der Waals surface area contributed by atoms with Crippen LogP contribution in [0, 0.1) is 0 Å². The quantitative estimate of drug-likeness (QED) is 0.515. The lowest BCUT2D eigenvalue weighted by atomic mass is 10.7. The molecule has 3 nitrogen and oxygen atoms in total. The minimum absolute atomic E-state index is 0.673. The summed E-state index contributed by atoms with van der Waals surface area (Å²) in [4.78, 5) is 8.12. The van der Waals surface area contributed by atoms with Crippen molar-refractivity contribution < 1.29 is 0 Å². The zero-order valence-corrected chi connectivity index (χ0v) is 6.77. The van der Waals surface area contributed by atoms with Gasteiger partial charge in [0.15, 0.2) is 0 Å². The summed E-state index contributed by atoms with van der Waals surface area (Å²) >= 11 is 1.61. The lowest BCUT2D eigenvalue weighted by molar-refractivity contribution is 1.05. The van der Waals surface area contributed by atoms with Crippen LogP contribution in [0.4, 0.5) is 5.95 Å². The third kappa shape index (κ3) is 1.60. The molecular formula is C6H9N3S. The Morgan fingerprint density at radius 2 is 2.40 bits per heavy atom. The monoisotopic (exact) mass is 155 g/mol. The Balaban J connectivity index is 2.87. The number of rotatable bonds is 2. The summed E-state index contributed by atoms with van der Waals surface area (Å²) in [5.74, 6) is 0.673. The van der Waals surface area contributed by atoms with Crippen LogP contribution in [0.25, 0.3) is 0 Å². The molecule has 0 saturated heterocycles. The summed E-state index contributed by atoms with van der Waals surface area (Å²) in [7, 11) is 1.80. The Bertz CT molecular complexity index is 195. The molecule has 1 aromatic heterocycles. The van der Waals surface area contributed by atoms with E-state index in [1.807, 2.05) is 12.3 Å². The van der Waals surface area contributed by atoms with Crippen molar-refractivity contribution >= 4 is 17.7 Å². The zero-order valence-electron chi connectivity index (χ0n) is 5.96. The molecule has 1 heterocycles. The van der Waals surface area contributed by atoms with Crippen molar-refractivity contribution in [3.8, 4) is 0 Å². The van der Waals surface area contributed by atoms with Crippen molar-refractivity contribution in [1.29, 1.82) is 0 Å². The third-order valence-corrected chi connectivity index (χ3v) is 1.71. The smallest absolute Gasteiger partial charge is 0.223 e. The predicted octanol–water partition coefficient (Wildman–Crippen LogP) is 1.24. The Morgan fingerprint density at radius 1 is 1.60 bits per heavy atom. The summed E-state index contributed by atoms with van der Waals surface area (Å²) in [6, 6.07) is 1.88. The Morgan fingerprint density at radius 3 is 3.00 bits per heavy atom. The Kier molecular flexibility index (Phi) is 2.50. The molecule has 1 rings (SSSR count). The van der Waals surface area contributed by atoms with Crippen molar-refractivity contribution in [2.75, 3.05) is 18.6 Å². The predicted molar refractivity (Wildman–Crippen MR) is 43.4 cm³/mol. The maximum absolute atomic E-state index is 4.15. The molecule has 0 atom stereocenters. The number of nitrogens with zero attached hydrogens (tertiary/aromatic N) is 2. The van der Waals surface area contributed by atoms with Gasteiger partial charge in [0, 0.05) is 13.2 Å². The van der Waals surface area contributed by atoms with Crippen molar-refractivity contribution in [3.63, 3.8) is 0 Å². The first kappa shape index (κ1) is 7.34. The Labute approximate surface area is 64.3 Å². The van der Waals surface area contributed by atoms with E-state index in [-0.39, 0.29) is 0 Å².